The Bertz CT molecular complexity index is 422. The molecule has 0 N–H and O–H groups in total. The van der Waals surface area contributed by atoms with E-state index in [9.17, 15) is 4.79 Å². The van der Waals surface area contributed by atoms with Crippen LogP contribution in [0.5, 0.6) is 0 Å². The van der Waals surface area contributed by atoms with Crippen molar-refractivity contribution in [2.45, 2.75) is 46.0 Å². The van der Waals surface area contributed by atoms with Crippen LogP contribution in [0.15, 0.2) is 6.07 Å². The molecule has 0 fully saturated rings. The van der Waals surface area contributed by atoms with Crippen LogP contribution in [0.3, 0.4) is 0 Å². The van der Waals surface area contributed by atoms with E-state index in [1.54, 1.807) is 0 Å². The summed E-state index contributed by atoms with van der Waals surface area (Å²) in [6.07, 6.45) is 0. The molecule has 0 bridgehead atoms. The molecule has 1 heterocycles. The normalized spacial score (nSPS) is 12.0. The fourth-order valence-electron chi connectivity index (χ4n) is 2.14. The fraction of sp³-hybridized carbons (Fsp3) is 0.643. The molecule has 1 aromatic heterocycles. The number of hydrogen-bond donors (Lipinski definition) is 0. The molecule has 0 unspecified atom stereocenters. The highest BCUT2D eigenvalue weighted by Crippen LogP contribution is 2.30. The van der Waals surface area contributed by atoms with Crippen LogP contribution in [0, 0.1) is 0 Å². The summed E-state index contributed by atoms with van der Waals surface area (Å²) in [4.78, 5) is 11.9. The Hall–Kier alpha value is -1.25. The first-order valence-electron chi connectivity index (χ1n) is 5.98. The predicted molar refractivity (Wildman–Crippen MR) is 69.5 cm³/mol. The van der Waals surface area contributed by atoms with Crippen LogP contribution >= 0.6 is 0 Å². The molecule has 1 aromatic rings. The topological polar surface area (TPSA) is 31.2 Å². The lowest BCUT2D eigenvalue weighted by Gasteiger charge is -2.20. The fourth-order valence-corrected chi connectivity index (χ4v) is 2.14. The van der Waals surface area contributed by atoms with Crippen molar-refractivity contribution in [3.8, 4) is 0 Å². The molecular weight excluding hydrogens is 214 g/mol. The number of carbonyl (C=O) groups is 1. The van der Waals surface area contributed by atoms with Crippen molar-refractivity contribution in [2.24, 2.45) is 7.05 Å². The summed E-state index contributed by atoms with van der Waals surface area (Å²) in [6, 6.07) is 2.12. The maximum absolute atomic E-state index is 11.9. The first-order chi connectivity index (χ1) is 7.70. The highest BCUT2D eigenvalue weighted by molar-refractivity contribution is 5.90. The molecule has 3 nitrogen and oxygen atoms in total. The van der Waals surface area contributed by atoms with E-state index in [4.69, 9.17) is 4.74 Å². The molecule has 0 aromatic carbocycles. The number of ether oxygens (including phenoxy) is 1. The number of esters is 1. The van der Waals surface area contributed by atoms with Crippen LogP contribution < -0.4 is 0 Å². The number of rotatable bonds is 2. The van der Waals surface area contributed by atoms with Gasteiger partial charge in [0.2, 0.25) is 0 Å². The van der Waals surface area contributed by atoms with Crippen LogP contribution in [0.2, 0.25) is 0 Å². The Morgan fingerprint density at radius 1 is 1.35 bits per heavy atom. The van der Waals surface area contributed by atoms with Gasteiger partial charge in [-0.3, -0.25) is 0 Å². The summed E-state index contributed by atoms with van der Waals surface area (Å²) >= 11 is 0. The second kappa shape index (κ2) is 4.55. The van der Waals surface area contributed by atoms with Gasteiger partial charge in [-0.1, -0.05) is 34.6 Å². The van der Waals surface area contributed by atoms with E-state index in [-0.39, 0.29) is 11.4 Å². The van der Waals surface area contributed by atoms with E-state index in [1.807, 2.05) is 11.6 Å². The molecule has 1 rings (SSSR count). The Morgan fingerprint density at radius 2 is 1.88 bits per heavy atom. The Kier molecular flexibility index (Phi) is 3.70. The predicted octanol–water partition coefficient (Wildman–Crippen LogP) is 3.23. The third-order valence-corrected chi connectivity index (χ3v) is 3.03. The van der Waals surface area contributed by atoms with Gasteiger partial charge in [0.25, 0.3) is 0 Å². The Labute approximate surface area is 104 Å². The molecule has 3 heteroatoms. The first-order valence-corrected chi connectivity index (χ1v) is 5.98. The van der Waals surface area contributed by atoms with E-state index >= 15 is 0 Å². The molecule has 0 saturated carbocycles. The lowest BCUT2D eigenvalue weighted by atomic mass is 9.91. The summed E-state index contributed by atoms with van der Waals surface area (Å²) in [5, 5.41) is 0. The van der Waals surface area contributed by atoms with E-state index in [0.717, 1.165) is 11.3 Å². The molecule has 0 atom stereocenters. The van der Waals surface area contributed by atoms with Gasteiger partial charge in [0.05, 0.1) is 7.11 Å². The van der Waals surface area contributed by atoms with Crippen molar-refractivity contribution in [2.75, 3.05) is 7.11 Å². The molecule has 0 aliphatic rings. The minimum Gasteiger partial charge on any atom is -0.464 e. The van der Waals surface area contributed by atoms with E-state index in [1.165, 1.54) is 7.11 Å². The van der Waals surface area contributed by atoms with Crippen LogP contribution in [-0.2, 0) is 17.2 Å². The van der Waals surface area contributed by atoms with E-state index in [2.05, 4.69) is 40.7 Å². The number of carbonyl (C=O) groups excluding carboxylic acids is 1. The van der Waals surface area contributed by atoms with Gasteiger partial charge in [-0.05, 0) is 17.5 Å². The van der Waals surface area contributed by atoms with Crippen LogP contribution in [0.25, 0.3) is 0 Å². The third kappa shape index (κ3) is 2.54. The summed E-state index contributed by atoms with van der Waals surface area (Å²) in [5.74, 6) is 0.0538. The van der Waals surface area contributed by atoms with Gasteiger partial charge in [-0.2, -0.15) is 0 Å². The Morgan fingerprint density at radius 3 is 2.24 bits per heavy atom. The van der Waals surface area contributed by atoms with Gasteiger partial charge in [-0.15, -0.1) is 0 Å². The third-order valence-electron chi connectivity index (χ3n) is 3.03. The number of nitrogens with zero attached hydrogens (tertiary/aromatic N) is 1. The van der Waals surface area contributed by atoms with Gasteiger partial charge < -0.3 is 9.30 Å². The average molecular weight is 237 g/mol. The SMILES string of the molecule is COC(=O)c1c(C(C)C)cc(C(C)(C)C)n1C. The number of methoxy groups -OCH3 is 1. The first kappa shape index (κ1) is 13.8. The molecule has 96 valence electrons. The summed E-state index contributed by atoms with van der Waals surface area (Å²) < 4.78 is 6.83. The Balaban J connectivity index is 3.46. The van der Waals surface area contributed by atoms with Gasteiger partial charge in [0.15, 0.2) is 0 Å². The number of aromatic nitrogens is 1. The standard InChI is InChI=1S/C14H23NO2/c1-9(2)10-8-11(14(3,4)5)15(6)12(10)13(16)17-7/h8-9H,1-7H3. The molecular formula is C14H23NO2. The van der Waals surface area contributed by atoms with E-state index < -0.39 is 0 Å². The zero-order valence-electron chi connectivity index (χ0n) is 11.9. The van der Waals surface area contributed by atoms with Gasteiger partial charge in [-0.25, -0.2) is 4.79 Å². The van der Waals surface area contributed by atoms with Crippen molar-refractivity contribution in [3.63, 3.8) is 0 Å². The number of hydrogen-bond acceptors (Lipinski definition) is 2. The summed E-state index contributed by atoms with van der Waals surface area (Å²) in [6.45, 7) is 10.6. The quantitative estimate of drug-likeness (QED) is 0.739. The molecule has 0 saturated heterocycles. The zero-order chi connectivity index (χ0) is 13.4. The lowest BCUT2D eigenvalue weighted by Crippen LogP contribution is -2.18. The maximum Gasteiger partial charge on any atom is 0.354 e. The summed E-state index contributed by atoms with van der Waals surface area (Å²) in [5.41, 5.74) is 2.91. The second-order valence-electron chi connectivity index (χ2n) is 5.79. The second-order valence-corrected chi connectivity index (χ2v) is 5.79. The van der Waals surface area contributed by atoms with Crippen LogP contribution in [0.1, 0.15) is 62.3 Å². The van der Waals surface area contributed by atoms with E-state index in [0.29, 0.717) is 11.6 Å². The van der Waals surface area contributed by atoms with Crippen molar-refractivity contribution >= 4 is 5.97 Å². The highest BCUT2D eigenvalue weighted by atomic mass is 16.5. The van der Waals surface area contributed by atoms with Crippen molar-refractivity contribution in [3.05, 3.63) is 23.0 Å². The molecule has 0 aliphatic carbocycles. The van der Waals surface area contributed by atoms with Crippen LogP contribution in [-0.4, -0.2) is 17.6 Å². The van der Waals surface area contributed by atoms with Crippen LogP contribution in [0.4, 0.5) is 0 Å². The minimum absolute atomic E-state index is 0.0185. The maximum atomic E-state index is 11.9. The van der Waals surface area contributed by atoms with Crippen molar-refractivity contribution in [1.82, 2.24) is 4.57 Å². The largest absolute Gasteiger partial charge is 0.464 e. The van der Waals surface area contributed by atoms with Crippen molar-refractivity contribution in [1.29, 1.82) is 0 Å². The molecule has 0 radical (unpaired) electrons. The highest BCUT2D eigenvalue weighted by Gasteiger charge is 2.26. The molecule has 0 spiro atoms. The lowest BCUT2D eigenvalue weighted by molar-refractivity contribution is 0.0587. The summed E-state index contributed by atoms with van der Waals surface area (Å²) in [7, 11) is 3.36. The smallest absolute Gasteiger partial charge is 0.354 e. The average Bonchev–Trinajstić information content (AvgIpc) is 2.54. The monoisotopic (exact) mass is 237 g/mol. The molecule has 0 aliphatic heterocycles. The zero-order valence-corrected chi connectivity index (χ0v) is 11.9. The molecule has 17 heavy (non-hydrogen) atoms. The minimum atomic E-state index is -0.258. The van der Waals surface area contributed by atoms with Gasteiger partial charge in [0.1, 0.15) is 5.69 Å². The molecule has 0 amide bonds. The van der Waals surface area contributed by atoms with Gasteiger partial charge in [0, 0.05) is 18.2 Å². The van der Waals surface area contributed by atoms with Gasteiger partial charge >= 0.3 is 5.97 Å². The van der Waals surface area contributed by atoms with Crippen molar-refractivity contribution < 1.29 is 9.53 Å².